The molecule has 70 valence electrons. The van der Waals surface area contributed by atoms with E-state index >= 15 is 0 Å². The summed E-state index contributed by atoms with van der Waals surface area (Å²) < 4.78 is 19.6. The fourth-order valence-electron chi connectivity index (χ4n) is 0.788. The van der Waals surface area contributed by atoms with Crippen LogP contribution in [0.4, 0.5) is 5.69 Å². The van der Waals surface area contributed by atoms with E-state index in [1.807, 2.05) is 0 Å². The molecular formula is C6H5AsClNO4. The van der Waals surface area contributed by atoms with Crippen molar-refractivity contribution in [2.24, 2.45) is 0 Å². The van der Waals surface area contributed by atoms with Crippen molar-refractivity contribution >= 4 is 36.6 Å². The van der Waals surface area contributed by atoms with Gasteiger partial charge in [-0.1, -0.05) is 0 Å². The predicted molar refractivity (Wildman–Crippen MR) is 47.8 cm³/mol. The molecule has 0 fully saturated rings. The van der Waals surface area contributed by atoms with Crippen LogP contribution in [0.25, 0.3) is 0 Å². The number of nitro benzene ring substituents is 1. The third kappa shape index (κ3) is 2.34. The van der Waals surface area contributed by atoms with Gasteiger partial charge in [0.1, 0.15) is 0 Å². The number of nitro groups is 1. The van der Waals surface area contributed by atoms with Crippen LogP contribution < -0.4 is 4.35 Å². The quantitative estimate of drug-likeness (QED) is 0.467. The Morgan fingerprint density at radius 2 is 2.15 bits per heavy atom. The molecule has 0 heterocycles. The second kappa shape index (κ2) is 3.96. The van der Waals surface area contributed by atoms with Gasteiger partial charge in [0, 0.05) is 0 Å². The molecule has 5 nitrogen and oxygen atoms in total. The molecule has 0 radical (unpaired) electrons. The van der Waals surface area contributed by atoms with Gasteiger partial charge in [0.2, 0.25) is 0 Å². The van der Waals surface area contributed by atoms with Crippen molar-refractivity contribution < 1.29 is 12.8 Å². The minimum atomic E-state index is -3.42. The first-order chi connectivity index (χ1) is 6.02. The average Bonchev–Trinajstić information content (AvgIpc) is 2.03. The molecule has 0 aliphatic carbocycles. The minimum absolute atomic E-state index is 0.114. The summed E-state index contributed by atoms with van der Waals surface area (Å²) in [4.78, 5) is 9.65. The molecule has 1 rings (SSSR count). The monoisotopic (exact) mass is 265 g/mol. The molecule has 1 N–H and O–H groups in total. The summed E-state index contributed by atoms with van der Waals surface area (Å²) in [6, 6.07) is 3.52. The first-order valence-electron chi connectivity index (χ1n) is 3.19. The third-order valence-electron chi connectivity index (χ3n) is 1.39. The molecule has 0 aliphatic heterocycles. The fraction of sp³-hybridized carbons (Fsp3) is 0. The molecule has 0 aromatic heterocycles. The summed E-state index contributed by atoms with van der Waals surface area (Å²) in [5.41, 5.74) is -0.259. The first kappa shape index (κ1) is 10.3. The molecule has 0 saturated carbocycles. The van der Waals surface area contributed by atoms with Crippen LogP contribution in [0.15, 0.2) is 18.2 Å². The molecule has 0 spiro atoms. The Hall–Kier alpha value is -0.772. The van der Waals surface area contributed by atoms with Crippen LogP contribution in [0.3, 0.4) is 0 Å². The summed E-state index contributed by atoms with van der Waals surface area (Å²) in [6.45, 7) is 0. The van der Waals surface area contributed by atoms with E-state index in [0.717, 1.165) is 12.1 Å². The Morgan fingerprint density at radius 1 is 1.54 bits per heavy atom. The van der Waals surface area contributed by atoms with Crippen LogP contribution >= 0.6 is 11.6 Å². The third-order valence-corrected chi connectivity index (χ3v) is 3.38. The molecule has 0 aliphatic rings. The van der Waals surface area contributed by atoms with Crippen molar-refractivity contribution in [2.45, 2.75) is 0 Å². The van der Waals surface area contributed by atoms with Gasteiger partial charge in [-0.3, -0.25) is 0 Å². The van der Waals surface area contributed by atoms with E-state index in [0.29, 0.717) is 0 Å². The van der Waals surface area contributed by atoms with E-state index in [4.69, 9.17) is 15.7 Å². The molecule has 1 aromatic rings. The van der Waals surface area contributed by atoms with Gasteiger partial charge in [-0.25, -0.2) is 0 Å². The molecule has 0 bridgehead atoms. The summed E-state index contributed by atoms with van der Waals surface area (Å²) in [6.07, 6.45) is 0. The zero-order chi connectivity index (χ0) is 10.0. The van der Waals surface area contributed by atoms with Crippen molar-refractivity contribution in [1.82, 2.24) is 0 Å². The Bertz CT molecular complexity index is 381. The molecule has 13 heavy (non-hydrogen) atoms. The number of benzene rings is 1. The van der Waals surface area contributed by atoms with Gasteiger partial charge in [0.15, 0.2) is 0 Å². The van der Waals surface area contributed by atoms with E-state index in [2.05, 4.69) is 0 Å². The van der Waals surface area contributed by atoms with E-state index in [1.165, 1.54) is 6.07 Å². The predicted octanol–water partition coefficient (Wildman–Crippen LogP) is 0.0985. The summed E-state index contributed by atoms with van der Waals surface area (Å²) in [5, 5.41) is 10.2. The second-order valence-electron chi connectivity index (χ2n) is 2.23. The van der Waals surface area contributed by atoms with Gasteiger partial charge in [-0.2, -0.15) is 0 Å². The van der Waals surface area contributed by atoms with Gasteiger partial charge in [0.25, 0.3) is 0 Å². The van der Waals surface area contributed by atoms with E-state index < -0.39 is 19.9 Å². The maximum absolute atomic E-state index is 10.7. The average molecular weight is 265 g/mol. The summed E-state index contributed by atoms with van der Waals surface area (Å²) >= 11 is 2.09. The number of nitrogens with zero attached hydrogens (tertiary/aromatic N) is 1. The van der Waals surface area contributed by atoms with Crippen molar-refractivity contribution in [3.63, 3.8) is 0 Å². The number of hydrogen-bond donors (Lipinski definition) is 1. The summed E-state index contributed by atoms with van der Waals surface area (Å²) in [7, 11) is 0. The van der Waals surface area contributed by atoms with Crippen LogP contribution in [-0.2, 0) is 3.74 Å². The standard InChI is InChI=1S/C6H5AsClNO4/c8-5-3-4(7(10)11)1-2-6(5)9(12)13/h1-3,7H,(H,10,11). The van der Waals surface area contributed by atoms with Crippen molar-refractivity contribution in [3.05, 3.63) is 33.3 Å². The second-order valence-corrected chi connectivity index (χ2v) is 5.13. The molecule has 0 saturated heterocycles. The van der Waals surface area contributed by atoms with Crippen LogP contribution in [0.2, 0.25) is 5.02 Å². The SMILES string of the molecule is O=[N+]([O-])c1ccc([AsH](=O)O)cc1Cl. The zero-order valence-corrected chi connectivity index (χ0v) is 9.08. The van der Waals surface area contributed by atoms with E-state index in [9.17, 15) is 13.9 Å². The van der Waals surface area contributed by atoms with Crippen molar-refractivity contribution in [1.29, 1.82) is 0 Å². The van der Waals surface area contributed by atoms with Gasteiger partial charge in [-0.15, -0.1) is 0 Å². The molecule has 7 heteroatoms. The number of hydrogen-bond acceptors (Lipinski definition) is 3. The normalized spacial score (nSPS) is 12.5. The van der Waals surface area contributed by atoms with E-state index in [-0.39, 0.29) is 15.1 Å². The Morgan fingerprint density at radius 3 is 2.54 bits per heavy atom. The van der Waals surface area contributed by atoms with E-state index in [1.54, 1.807) is 0 Å². The summed E-state index contributed by atoms with van der Waals surface area (Å²) in [5.74, 6) is 0. The molecule has 1 aromatic carbocycles. The van der Waals surface area contributed by atoms with Gasteiger partial charge < -0.3 is 0 Å². The Balaban J connectivity index is 3.20. The number of halogens is 1. The topological polar surface area (TPSA) is 80.4 Å². The van der Waals surface area contributed by atoms with Gasteiger partial charge in [-0.05, 0) is 0 Å². The molecule has 0 amide bonds. The van der Waals surface area contributed by atoms with Crippen LogP contribution in [0.1, 0.15) is 0 Å². The first-order valence-corrected chi connectivity index (χ1v) is 6.42. The fourth-order valence-corrected chi connectivity index (χ4v) is 2.27. The van der Waals surface area contributed by atoms with Gasteiger partial charge in [0.05, 0.1) is 0 Å². The van der Waals surface area contributed by atoms with Crippen molar-refractivity contribution in [2.75, 3.05) is 0 Å². The molecule has 1 atom stereocenters. The zero-order valence-electron chi connectivity index (χ0n) is 6.23. The molecular weight excluding hydrogens is 260 g/mol. The van der Waals surface area contributed by atoms with Gasteiger partial charge >= 0.3 is 82.7 Å². The molecule has 1 unspecified atom stereocenters. The Kier molecular flexibility index (Phi) is 3.14. The maximum atomic E-state index is 10.7. The van der Waals surface area contributed by atoms with Crippen LogP contribution in [0.5, 0.6) is 0 Å². The van der Waals surface area contributed by atoms with Crippen molar-refractivity contribution in [3.8, 4) is 0 Å². The van der Waals surface area contributed by atoms with Crippen LogP contribution in [0, 0.1) is 10.1 Å². The van der Waals surface area contributed by atoms with Crippen LogP contribution in [-0.4, -0.2) is 24.0 Å². The number of rotatable bonds is 2. The Labute approximate surface area is 82.9 Å².